The van der Waals surface area contributed by atoms with Crippen LogP contribution in [0.4, 0.5) is 0 Å². The van der Waals surface area contributed by atoms with Crippen molar-refractivity contribution in [3.63, 3.8) is 0 Å². The molecule has 0 spiro atoms. The van der Waals surface area contributed by atoms with Gasteiger partial charge >= 0.3 is 0 Å². The lowest BCUT2D eigenvalue weighted by atomic mass is 9.81. The predicted octanol–water partition coefficient (Wildman–Crippen LogP) is 3.07. The Labute approximate surface area is 154 Å². The van der Waals surface area contributed by atoms with Crippen molar-refractivity contribution in [2.75, 3.05) is 32.7 Å². The van der Waals surface area contributed by atoms with E-state index in [1.807, 2.05) is 4.90 Å². The largest absolute Gasteiger partial charge is 0.341 e. The van der Waals surface area contributed by atoms with E-state index >= 15 is 0 Å². The number of hydrogen-bond acceptors (Lipinski definition) is 3. The first-order valence-electron chi connectivity index (χ1n) is 8.89. The zero-order chi connectivity index (χ0) is 15.3. The first kappa shape index (κ1) is 23.0. The van der Waals surface area contributed by atoms with Crippen LogP contribution in [0.3, 0.4) is 0 Å². The second-order valence-electron chi connectivity index (χ2n) is 6.94. The minimum atomic E-state index is -0.552. The molecule has 1 amide bonds. The van der Waals surface area contributed by atoms with Crippen molar-refractivity contribution < 1.29 is 4.79 Å². The Morgan fingerprint density at radius 3 is 2.09 bits per heavy atom. The van der Waals surface area contributed by atoms with Crippen LogP contribution in [0.25, 0.3) is 0 Å². The Balaban J connectivity index is 0.00000242. The van der Waals surface area contributed by atoms with Gasteiger partial charge < -0.3 is 15.5 Å². The van der Waals surface area contributed by atoms with Gasteiger partial charge in [0, 0.05) is 19.6 Å². The number of hydrogen-bond donors (Lipinski definition) is 1. The van der Waals surface area contributed by atoms with Gasteiger partial charge in [-0.3, -0.25) is 4.79 Å². The van der Waals surface area contributed by atoms with Crippen LogP contribution in [0.2, 0.25) is 0 Å². The van der Waals surface area contributed by atoms with Crippen molar-refractivity contribution in [3.05, 3.63) is 0 Å². The van der Waals surface area contributed by atoms with Gasteiger partial charge in [0.05, 0.1) is 5.54 Å². The second kappa shape index (κ2) is 10.8. The molecule has 1 saturated heterocycles. The first-order valence-corrected chi connectivity index (χ1v) is 8.89. The third-order valence-electron chi connectivity index (χ3n) is 5.48. The maximum Gasteiger partial charge on any atom is 0.242 e. The summed E-state index contributed by atoms with van der Waals surface area (Å²) >= 11 is 0. The predicted molar refractivity (Wildman–Crippen MR) is 102 cm³/mol. The Bertz CT molecular complexity index is 337. The minimum Gasteiger partial charge on any atom is -0.341 e. The van der Waals surface area contributed by atoms with Gasteiger partial charge in [-0.25, -0.2) is 0 Å². The van der Waals surface area contributed by atoms with Crippen molar-refractivity contribution in [1.82, 2.24) is 9.80 Å². The zero-order valence-corrected chi connectivity index (χ0v) is 16.4. The number of carbonyl (C=O) groups is 1. The maximum absolute atomic E-state index is 12.7. The van der Waals surface area contributed by atoms with Gasteiger partial charge in [-0.05, 0) is 44.7 Å². The molecule has 2 N–H and O–H groups in total. The van der Waals surface area contributed by atoms with Crippen molar-refractivity contribution in [1.29, 1.82) is 0 Å². The standard InChI is InChI=1S/C17H33N3O.2ClH/c1-3-19(4-2)14-15-8-12-20(13-9-15)16(21)17(18)10-6-5-7-11-17;;/h15H,3-14,18H2,1-2H3;2*1H. The van der Waals surface area contributed by atoms with E-state index in [9.17, 15) is 4.79 Å². The highest BCUT2D eigenvalue weighted by Crippen LogP contribution is 2.29. The van der Waals surface area contributed by atoms with Crippen LogP contribution in [-0.4, -0.2) is 54.0 Å². The number of amides is 1. The number of nitrogens with zero attached hydrogens (tertiary/aromatic N) is 2. The van der Waals surface area contributed by atoms with Gasteiger partial charge in [-0.1, -0.05) is 33.1 Å². The lowest BCUT2D eigenvalue weighted by Crippen LogP contribution is -2.57. The lowest BCUT2D eigenvalue weighted by molar-refractivity contribution is -0.139. The van der Waals surface area contributed by atoms with Gasteiger partial charge in [-0.2, -0.15) is 0 Å². The van der Waals surface area contributed by atoms with Gasteiger partial charge in [0.25, 0.3) is 0 Å². The van der Waals surface area contributed by atoms with Gasteiger partial charge in [0.2, 0.25) is 5.91 Å². The molecule has 4 nitrogen and oxygen atoms in total. The average Bonchev–Trinajstić information content (AvgIpc) is 2.53. The van der Waals surface area contributed by atoms with Crippen molar-refractivity contribution in [2.24, 2.45) is 11.7 Å². The lowest BCUT2D eigenvalue weighted by Gasteiger charge is -2.40. The van der Waals surface area contributed by atoms with Crippen LogP contribution in [0, 0.1) is 5.92 Å². The summed E-state index contributed by atoms with van der Waals surface area (Å²) in [5.41, 5.74) is 5.84. The number of likely N-dealkylation sites (tertiary alicyclic amines) is 1. The van der Waals surface area contributed by atoms with Crippen LogP contribution >= 0.6 is 24.8 Å². The molecule has 0 aromatic carbocycles. The van der Waals surface area contributed by atoms with Crippen LogP contribution in [0.1, 0.15) is 58.8 Å². The maximum atomic E-state index is 12.7. The summed E-state index contributed by atoms with van der Waals surface area (Å²) in [4.78, 5) is 17.2. The molecule has 1 aliphatic heterocycles. The smallest absolute Gasteiger partial charge is 0.242 e. The van der Waals surface area contributed by atoms with E-state index in [4.69, 9.17) is 5.73 Å². The molecule has 1 aliphatic carbocycles. The monoisotopic (exact) mass is 367 g/mol. The van der Waals surface area contributed by atoms with E-state index in [-0.39, 0.29) is 30.7 Å². The minimum absolute atomic E-state index is 0. The summed E-state index contributed by atoms with van der Waals surface area (Å²) in [6.45, 7) is 9.70. The van der Waals surface area contributed by atoms with Gasteiger partial charge in [0.1, 0.15) is 0 Å². The fourth-order valence-corrected chi connectivity index (χ4v) is 3.88. The molecule has 2 rings (SSSR count). The normalized spacial score (nSPS) is 21.5. The number of carbonyl (C=O) groups excluding carboxylic acids is 1. The number of rotatable bonds is 5. The summed E-state index contributed by atoms with van der Waals surface area (Å²) in [5.74, 6) is 0.970. The molecule has 138 valence electrons. The molecule has 1 heterocycles. The summed E-state index contributed by atoms with van der Waals surface area (Å²) in [6.07, 6.45) is 7.49. The molecule has 23 heavy (non-hydrogen) atoms. The third kappa shape index (κ3) is 6.08. The molecule has 2 aliphatic rings. The van der Waals surface area contributed by atoms with E-state index in [1.54, 1.807) is 0 Å². The van der Waals surface area contributed by atoms with Crippen molar-refractivity contribution in [3.8, 4) is 0 Å². The first-order chi connectivity index (χ1) is 10.1. The number of nitrogens with two attached hydrogens (primary N) is 1. The Morgan fingerprint density at radius 1 is 1.09 bits per heavy atom. The Morgan fingerprint density at radius 2 is 1.61 bits per heavy atom. The van der Waals surface area contributed by atoms with E-state index in [1.165, 1.54) is 13.0 Å². The molecule has 1 saturated carbocycles. The number of halogens is 2. The van der Waals surface area contributed by atoms with E-state index in [0.717, 1.165) is 70.6 Å². The average molecular weight is 368 g/mol. The number of piperidine rings is 1. The Hall–Kier alpha value is -0.0300. The van der Waals surface area contributed by atoms with E-state index in [2.05, 4.69) is 18.7 Å². The zero-order valence-electron chi connectivity index (χ0n) is 14.8. The molecular weight excluding hydrogens is 333 g/mol. The molecular formula is C17H35Cl2N3O. The summed E-state index contributed by atoms with van der Waals surface area (Å²) in [5, 5.41) is 0. The highest BCUT2D eigenvalue weighted by Gasteiger charge is 2.39. The van der Waals surface area contributed by atoms with E-state index < -0.39 is 5.54 Å². The van der Waals surface area contributed by atoms with Crippen LogP contribution in [0.5, 0.6) is 0 Å². The fraction of sp³-hybridized carbons (Fsp3) is 0.941. The molecule has 2 fully saturated rings. The second-order valence-corrected chi connectivity index (χ2v) is 6.94. The molecule has 0 aromatic heterocycles. The van der Waals surface area contributed by atoms with Crippen molar-refractivity contribution in [2.45, 2.75) is 64.3 Å². The topological polar surface area (TPSA) is 49.6 Å². The van der Waals surface area contributed by atoms with Crippen LogP contribution in [0.15, 0.2) is 0 Å². The summed E-state index contributed by atoms with van der Waals surface area (Å²) in [6, 6.07) is 0. The van der Waals surface area contributed by atoms with Gasteiger partial charge in [-0.15, -0.1) is 24.8 Å². The molecule has 0 aromatic rings. The highest BCUT2D eigenvalue weighted by atomic mass is 35.5. The fourth-order valence-electron chi connectivity index (χ4n) is 3.88. The van der Waals surface area contributed by atoms with Gasteiger partial charge in [0.15, 0.2) is 0 Å². The van der Waals surface area contributed by atoms with E-state index in [0.29, 0.717) is 0 Å². The quantitative estimate of drug-likeness (QED) is 0.811. The van der Waals surface area contributed by atoms with Crippen LogP contribution < -0.4 is 5.73 Å². The summed E-state index contributed by atoms with van der Waals surface area (Å²) < 4.78 is 0. The molecule has 0 bridgehead atoms. The molecule has 0 atom stereocenters. The summed E-state index contributed by atoms with van der Waals surface area (Å²) in [7, 11) is 0. The molecule has 0 unspecified atom stereocenters. The highest BCUT2D eigenvalue weighted by molar-refractivity contribution is 5.86. The van der Waals surface area contributed by atoms with Crippen LogP contribution in [-0.2, 0) is 4.79 Å². The SMILES string of the molecule is CCN(CC)CC1CCN(C(=O)C2(N)CCCCC2)CC1.Cl.Cl. The molecule has 0 radical (unpaired) electrons. The molecule has 6 heteroatoms. The Kier molecular flexibility index (Phi) is 10.7. The van der Waals surface area contributed by atoms with Crippen molar-refractivity contribution >= 4 is 30.7 Å². The third-order valence-corrected chi connectivity index (χ3v) is 5.48.